The highest BCUT2D eigenvalue weighted by atomic mass is 16.5. The fourth-order valence-electron chi connectivity index (χ4n) is 3.56. The Hall–Kier alpha value is -1.88. The molecule has 0 amide bonds. The molecule has 2 aromatic rings. The minimum absolute atomic E-state index is 0.345. The third-order valence-corrected chi connectivity index (χ3v) is 5.09. The molecule has 1 aliphatic heterocycles. The number of hydrogen-bond donors (Lipinski definition) is 1. The molecule has 1 heterocycles. The molecule has 1 unspecified atom stereocenters. The van der Waals surface area contributed by atoms with Crippen LogP contribution in [0.25, 0.3) is 0 Å². The molecule has 4 heteroatoms. The van der Waals surface area contributed by atoms with Crippen molar-refractivity contribution in [1.82, 2.24) is 9.80 Å². The highest BCUT2D eigenvalue weighted by molar-refractivity contribution is 5.27. The van der Waals surface area contributed by atoms with Crippen molar-refractivity contribution in [3.63, 3.8) is 0 Å². The summed E-state index contributed by atoms with van der Waals surface area (Å²) in [5.41, 5.74) is 2.70. The predicted molar refractivity (Wildman–Crippen MR) is 110 cm³/mol. The van der Waals surface area contributed by atoms with Gasteiger partial charge in [0.1, 0.15) is 18.5 Å². The molecule has 0 radical (unpaired) electrons. The van der Waals surface area contributed by atoms with Gasteiger partial charge in [0.25, 0.3) is 0 Å². The molecule has 0 aromatic heterocycles. The first-order chi connectivity index (χ1) is 13.2. The molecule has 2 aromatic carbocycles. The third kappa shape index (κ3) is 6.65. The van der Waals surface area contributed by atoms with Gasteiger partial charge in [-0.2, -0.15) is 0 Å². The zero-order valence-corrected chi connectivity index (χ0v) is 16.4. The summed E-state index contributed by atoms with van der Waals surface area (Å²) in [7, 11) is 0. The van der Waals surface area contributed by atoms with E-state index in [0.29, 0.717) is 13.2 Å². The zero-order valence-electron chi connectivity index (χ0n) is 16.4. The Morgan fingerprint density at radius 3 is 2.22 bits per heavy atom. The number of aliphatic hydroxyl groups excluding tert-OH is 1. The Morgan fingerprint density at radius 1 is 0.889 bits per heavy atom. The van der Waals surface area contributed by atoms with Gasteiger partial charge < -0.3 is 9.84 Å². The molecule has 1 atom stereocenters. The number of ether oxygens (including phenoxy) is 1. The Kier molecular flexibility index (Phi) is 7.69. The number of rotatable bonds is 9. The molecule has 27 heavy (non-hydrogen) atoms. The highest BCUT2D eigenvalue weighted by Gasteiger charge is 2.19. The largest absolute Gasteiger partial charge is 0.491 e. The number of hydrogen-bond acceptors (Lipinski definition) is 4. The third-order valence-electron chi connectivity index (χ3n) is 5.09. The van der Waals surface area contributed by atoms with E-state index in [2.05, 4.69) is 59.2 Å². The van der Waals surface area contributed by atoms with Crippen LogP contribution in [0.1, 0.15) is 24.5 Å². The van der Waals surface area contributed by atoms with Crippen molar-refractivity contribution in [2.24, 2.45) is 0 Å². The maximum absolute atomic E-state index is 10.3. The molecular weight excluding hydrogens is 336 g/mol. The van der Waals surface area contributed by atoms with Crippen LogP contribution in [0.2, 0.25) is 0 Å². The molecule has 0 aliphatic carbocycles. The van der Waals surface area contributed by atoms with E-state index in [-0.39, 0.29) is 0 Å². The molecular formula is C23H32N2O2. The molecule has 0 bridgehead atoms. The predicted octanol–water partition coefficient (Wildman–Crippen LogP) is 3.20. The lowest BCUT2D eigenvalue weighted by molar-refractivity contribution is 0.0446. The van der Waals surface area contributed by atoms with Gasteiger partial charge in [0, 0.05) is 39.3 Å². The second-order valence-corrected chi connectivity index (χ2v) is 7.42. The molecule has 0 saturated carbocycles. The summed E-state index contributed by atoms with van der Waals surface area (Å²) in [6, 6.07) is 18.8. The van der Waals surface area contributed by atoms with Gasteiger partial charge in [-0.1, -0.05) is 55.8 Å². The van der Waals surface area contributed by atoms with Crippen LogP contribution in [0.5, 0.6) is 5.75 Å². The lowest BCUT2D eigenvalue weighted by Crippen LogP contribution is -2.48. The first kappa shape index (κ1) is 19.9. The quantitative estimate of drug-likeness (QED) is 0.737. The van der Waals surface area contributed by atoms with Crippen LogP contribution in [0.4, 0.5) is 0 Å². The summed E-state index contributed by atoms with van der Waals surface area (Å²) in [6.07, 6.45) is 1.79. The number of aliphatic hydroxyl groups is 1. The molecule has 1 saturated heterocycles. The Labute approximate surface area is 163 Å². The van der Waals surface area contributed by atoms with Crippen molar-refractivity contribution in [2.75, 3.05) is 39.3 Å². The molecule has 1 fully saturated rings. The van der Waals surface area contributed by atoms with E-state index >= 15 is 0 Å². The fraction of sp³-hybridized carbons (Fsp3) is 0.478. The summed E-state index contributed by atoms with van der Waals surface area (Å²) < 4.78 is 5.76. The normalized spacial score (nSPS) is 17.0. The van der Waals surface area contributed by atoms with E-state index in [0.717, 1.165) is 51.3 Å². The van der Waals surface area contributed by atoms with Gasteiger partial charge >= 0.3 is 0 Å². The van der Waals surface area contributed by atoms with E-state index in [1.165, 1.54) is 11.1 Å². The first-order valence-electron chi connectivity index (χ1n) is 10.1. The summed E-state index contributed by atoms with van der Waals surface area (Å²) >= 11 is 0. The number of benzene rings is 2. The number of nitrogens with zero attached hydrogens (tertiary/aromatic N) is 2. The van der Waals surface area contributed by atoms with Crippen LogP contribution >= 0.6 is 0 Å². The SMILES string of the molecule is CCCc1ccc(OCC(O)CN2CCN(Cc3ccccc3)CC2)cc1. The monoisotopic (exact) mass is 368 g/mol. The van der Waals surface area contributed by atoms with Gasteiger partial charge in [0.05, 0.1) is 0 Å². The van der Waals surface area contributed by atoms with E-state index in [1.807, 2.05) is 12.1 Å². The van der Waals surface area contributed by atoms with Crippen LogP contribution in [0.15, 0.2) is 54.6 Å². The van der Waals surface area contributed by atoms with Crippen LogP contribution in [0, 0.1) is 0 Å². The van der Waals surface area contributed by atoms with E-state index < -0.39 is 6.10 Å². The van der Waals surface area contributed by atoms with E-state index in [9.17, 15) is 5.11 Å². The first-order valence-corrected chi connectivity index (χ1v) is 10.1. The van der Waals surface area contributed by atoms with Gasteiger partial charge in [-0.15, -0.1) is 0 Å². The van der Waals surface area contributed by atoms with Crippen molar-refractivity contribution in [2.45, 2.75) is 32.4 Å². The fourth-order valence-corrected chi connectivity index (χ4v) is 3.56. The summed E-state index contributed by atoms with van der Waals surface area (Å²) in [5, 5.41) is 10.3. The minimum atomic E-state index is -0.457. The lowest BCUT2D eigenvalue weighted by atomic mass is 10.1. The maximum atomic E-state index is 10.3. The van der Waals surface area contributed by atoms with Crippen molar-refractivity contribution >= 4 is 0 Å². The molecule has 0 spiro atoms. The molecule has 3 rings (SSSR count). The van der Waals surface area contributed by atoms with Crippen molar-refractivity contribution < 1.29 is 9.84 Å². The van der Waals surface area contributed by atoms with Gasteiger partial charge in [-0.25, -0.2) is 0 Å². The Bertz CT molecular complexity index is 652. The van der Waals surface area contributed by atoms with Crippen molar-refractivity contribution in [3.05, 3.63) is 65.7 Å². The van der Waals surface area contributed by atoms with Gasteiger partial charge in [0.2, 0.25) is 0 Å². The van der Waals surface area contributed by atoms with Gasteiger partial charge in [-0.05, 0) is 29.7 Å². The van der Waals surface area contributed by atoms with Gasteiger partial charge in [0.15, 0.2) is 0 Å². The maximum Gasteiger partial charge on any atom is 0.119 e. The average molecular weight is 369 g/mol. The van der Waals surface area contributed by atoms with Crippen LogP contribution in [-0.2, 0) is 13.0 Å². The second kappa shape index (κ2) is 10.5. The standard InChI is InChI=1S/C23H32N2O2/c1-2-6-20-9-11-23(12-10-20)27-19-22(26)18-25-15-13-24(14-16-25)17-21-7-4-3-5-8-21/h3-5,7-12,22,26H,2,6,13-19H2,1H3. The Balaban J connectivity index is 1.34. The summed E-state index contributed by atoms with van der Waals surface area (Å²) in [4.78, 5) is 4.81. The summed E-state index contributed by atoms with van der Waals surface area (Å²) in [5.74, 6) is 0.835. The van der Waals surface area contributed by atoms with Gasteiger partial charge in [-0.3, -0.25) is 9.80 Å². The van der Waals surface area contributed by atoms with Crippen molar-refractivity contribution in [3.8, 4) is 5.75 Å². The number of aryl methyl sites for hydroxylation is 1. The minimum Gasteiger partial charge on any atom is -0.491 e. The smallest absolute Gasteiger partial charge is 0.119 e. The molecule has 4 nitrogen and oxygen atoms in total. The summed E-state index contributed by atoms with van der Waals surface area (Å²) in [6.45, 7) is 8.29. The van der Waals surface area contributed by atoms with Crippen LogP contribution < -0.4 is 4.74 Å². The number of β-amino-alcohol motifs (C(OH)–C–C–N with tert-alkyl or cyclic N) is 1. The zero-order chi connectivity index (χ0) is 18.9. The van der Waals surface area contributed by atoms with E-state index in [4.69, 9.17) is 4.74 Å². The lowest BCUT2D eigenvalue weighted by Gasteiger charge is -2.35. The average Bonchev–Trinajstić information content (AvgIpc) is 2.70. The second-order valence-electron chi connectivity index (χ2n) is 7.42. The van der Waals surface area contributed by atoms with E-state index in [1.54, 1.807) is 0 Å². The van der Waals surface area contributed by atoms with Crippen LogP contribution in [0.3, 0.4) is 0 Å². The molecule has 1 N–H and O–H groups in total. The topological polar surface area (TPSA) is 35.9 Å². The Morgan fingerprint density at radius 2 is 1.56 bits per heavy atom. The number of piperazine rings is 1. The molecule has 1 aliphatic rings. The van der Waals surface area contributed by atoms with Crippen molar-refractivity contribution in [1.29, 1.82) is 0 Å². The highest BCUT2D eigenvalue weighted by Crippen LogP contribution is 2.14. The molecule has 146 valence electrons. The van der Waals surface area contributed by atoms with Crippen LogP contribution in [-0.4, -0.2) is 60.3 Å².